The maximum absolute atomic E-state index is 12.2. The number of benzene rings is 3. The molecule has 0 unspecified atom stereocenters. The molecule has 0 atom stereocenters. The van der Waals surface area contributed by atoms with Crippen LogP contribution in [0, 0.1) is 6.92 Å². The zero-order valence-electron chi connectivity index (χ0n) is 16.4. The number of nitrogens with one attached hydrogen (secondary N) is 1. The molecule has 0 spiro atoms. The van der Waals surface area contributed by atoms with E-state index in [0.29, 0.717) is 5.69 Å². The highest BCUT2D eigenvalue weighted by Gasteiger charge is 2.13. The molecular weight excluding hydrogens is 380 g/mol. The Morgan fingerprint density at radius 3 is 2.60 bits per heavy atom. The summed E-state index contributed by atoms with van der Waals surface area (Å²) in [5, 5.41) is 8.54. The van der Waals surface area contributed by atoms with Crippen molar-refractivity contribution in [1.29, 1.82) is 0 Å². The van der Waals surface area contributed by atoms with Crippen LogP contribution in [0.25, 0.3) is 22.0 Å². The maximum Gasteiger partial charge on any atom is 0.310 e. The van der Waals surface area contributed by atoms with Crippen LogP contribution in [-0.4, -0.2) is 23.6 Å². The molecule has 0 fully saturated rings. The first-order chi connectivity index (χ1) is 14.6. The highest BCUT2D eigenvalue weighted by atomic mass is 16.5. The zero-order valence-corrected chi connectivity index (χ0v) is 16.4. The molecule has 0 aliphatic carbocycles. The number of esters is 1. The van der Waals surface area contributed by atoms with Gasteiger partial charge in [0.05, 0.1) is 6.42 Å². The molecule has 6 heteroatoms. The average molecular weight is 400 g/mol. The predicted octanol–water partition coefficient (Wildman–Crippen LogP) is 4.53. The molecule has 30 heavy (non-hydrogen) atoms. The van der Waals surface area contributed by atoms with Crippen molar-refractivity contribution in [3.05, 3.63) is 83.9 Å². The van der Waals surface area contributed by atoms with Gasteiger partial charge in [0.25, 0.3) is 5.91 Å². The summed E-state index contributed by atoms with van der Waals surface area (Å²) in [6.07, 6.45) is 0.0918. The summed E-state index contributed by atoms with van der Waals surface area (Å²) in [5.41, 5.74) is 3.49. The monoisotopic (exact) mass is 400 g/mol. The number of nitrogens with zero attached hydrogens (tertiary/aromatic N) is 1. The first kappa shape index (κ1) is 19.4. The van der Waals surface area contributed by atoms with Gasteiger partial charge >= 0.3 is 5.97 Å². The summed E-state index contributed by atoms with van der Waals surface area (Å²) in [6, 6.07) is 23.0. The third-order valence-electron chi connectivity index (χ3n) is 4.70. The predicted molar refractivity (Wildman–Crippen MR) is 114 cm³/mol. The lowest BCUT2D eigenvalue weighted by Gasteiger charge is -2.07. The first-order valence-corrected chi connectivity index (χ1v) is 9.54. The summed E-state index contributed by atoms with van der Waals surface area (Å²) in [6.45, 7) is 1.60. The van der Waals surface area contributed by atoms with Gasteiger partial charge in [0.2, 0.25) is 5.88 Å². The number of fused-ring (bicyclic) bond motifs is 1. The fourth-order valence-electron chi connectivity index (χ4n) is 3.17. The largest absolute Gasteiger partial charge is 0.455 e. The van der Waals surface area contributed by atoms with Crippen LogP contribution in [0.3, 0.4) is 0 Å². The normalized spacial score (nSPS) is 10.7. The molecule has 0 bridgehead atoms. The molecule has 0 radical (unpaired) electrons. The van der Waals surface area contributed by atoms with Crippen LogP contribution in [0.5, 0.6) is 0 Å². The van der Waals surface area contributed by atoms with Gasteiger partial charge in [-0.05, 0) is 23.3 Å². The van der Waals surface area contributed by atoms with E-state index in [1.807, 2.05) is 73.7 Å². The van der Waals surface area contributed by atoms with Gasteiger partial charge in [0, 0.05) is 11.6 Å². The fraction of sp³-hybridized carbons (Fsp3) is 0.125. The third-order valence-corrected chi connectivity index (χ3v) is 4.70. The molecule has 0 aliphatic heterocycles. The van der Waals surface area contributed by atoms with E-state index in [9.17, 15) is 9.59 Å². The van der Waals surface area contributed by atoms with Gasteiger partial charge in [-0.1, -0.05) is 77.5 Å². The first-order valence-electron chi connectivity index (χ1n) is 9.54. The minimum Gasteiger partial charge on any atom is -0.455 e. The Balaban J connectivity index is 1.31. The number of rotatable bonds is 6. The van der Waals surface area contributed by atoms with E-state index in [2.05, 4.69) is 10.5 Å². The summed E-state index contributed by atoms with van der Waals surface area (Å²) < 4.78 is 10.3. The Bertz CT molecular complexity index is 1190. The van der Waals surface area contributed by atoms with Gasteiger partial charge in [-0.3, -0.25) is 14.9 Å². The molecule has 6 nitrogen and oxygen atoms in total. The Labute approximate surface area is 173 Å². The van der Waals surface area contributed by atoms with E-state index in [-0.39, 0.29) is 12.3 Å². The van der Waals surface area contributed by atoms with Crippen molar-refractivity contribution in [2.45, 2.75) is 13.3 Å². The zero-order chi connectivity index (χ0) is 20.9. The number of hydrogen-bond donors (Lipinski definition) is 1. The Kier molecular flexibility index (Phi) is 5.57. The Hall–Kier alpha value is -3.93. The minimum atomic E-state index is -0.493. The van der Waals surface area contributed by atoms with Crippen molar-refractivity contribution in [3.63, 3.8) is 0 Å². The van der Waals surface area contributed by atoms with Crippen LogP contribution in [0.2, 0.25) is 0 Å². The van der Waals surface area contributed by atoms with Crippen molar-refractivity contribution >= 4 is 28.5 Å². The van der Waals surface area contributed by atoms with Crippen LogP contribution in [0.1, 0.15) is 11.1 Å². The molecular formula is C24H20N2O4. The molecule has 3 aromatic carbocycles. The van der Waals surface area contributed by atoms with E-state index in [0.717, 1.165) is 27.5 Å². The van der Waals surface area contributed by atoms with E-state index < -0.39 is 18.5 Å². The lowest BCUT2D eigenvalue weighted by molar-refractivity contribution is -0.146. The van der Waals surface area contributed by atoms with Crippen molar-refractivity contribution in [2.75, 3.05) is 11.9 Å². The highest BCUT2D eigenvalue weighted by molar-refractivity contribution is 5.93. The van der Waals surface area contributed by atoms with Gasteiger partial charge in [0.1, 0.15) is 5.69 Å². The molecule has 150 valence electrons. The number of amides is 1. The number of ether oxygens (including phenoxy) is 1. The fourth-order valence-corrected chi connectivity index (χ4v) is 3.17. The van der Waals surface area contributed by atoms with E-state index in [1.54, 1.807) is 6.07 Å². The Morgan fingerprint density at radius 2 is 1.77 bits per heavy atom. The van der Waals surface area contributed by atoms with Crippen molar-refractivity contribution in [3.8, 4) is 11.3 Å². The summed E-state index contributed by atoms with van der Waals surface area (Å²) >= 11 is 0. The molecule has 4 aromatic rings. The Morgan fingerprint density at radius 1 is 1.00 bits per heavy atom. The standard InChI is InChI=1S/C24H20N2O4/c1-16-9-11-18(12-10-16)21-14-23(30-26-21)25-22(27)15-29-24(28)13-19-7-4-6-17-5-2-3-8-20(17)19/h2-12,14H,13,15H2,1H3,(H,25,27). The number of aromatic nitrogens is 1. The smallest absolute Gasteiger partial charge is 0.310 e. The lowest BCUT2D eigenvalue weighted by Crippen LogP contribution is -2.21. The SMILES string of the molecule is Cc1ccc(-c2cc(NC(=O)COC(=O)Cc3cccc4ccccc34)on2)cc1. The summed E-state index contributed by atoms with van der Waals surface area (Å²) in [5.74, 6) is -0.770. The van der Waals surface area contributed by atoms with E-state index >= 15 is 0 Å². The molecule has 0 aliphatic rings. The van der Waals surface area contributed by atoms with Crippen LogP contribution in [-0.2, 0) is 20.7 Å². The summed E-state index contributed by atoms with van der Waals surface area (Å²) in [7, 11) is 0. The third kappa shape index (κ3) is 4.55. The quantitative estimate of drug-likeness (QED) is 0.481. The van der Waals surface area contributed by atoms with Gasteiger partial charge in [-0.2, -0.15) is 0 Å². The number of carbonyl (C=O) groups excluding carboxylic acids is 2. The molecule has 1 heterocycles. The van der Waals surface area contributed by atoms with E-state index in [1.165, 1.54) is 0 Å². The minimum absolute atomic E-state index is 0.0918. The number of carbonyl (C=O) groups is 2. The molecule has 1 N–H and O–H groups in total. The second-order valence-electron chi connectivity index (χ2n) is 6.97. The topological polar surface area (TPSA) is 81.4 Å². The van der Waals surface area contributed by atoms with Crippen LogP contribution in [0.4, 0.5) is 5.88 Å². The maximum atomic E-state index is 12.2. The summed E-state index contributed by atoms with van der Waals surface area (Å²) in [4.78, 5) is 24.3. The number of anilines is 1. The second kappa shape index (κ2) is 8.61. The van der Waals surface area contributed by atoms with Gasteiger partial charge in [-0.25, -0.2) is 0 Å². The van der Waals surface area contributed by atoms with Crippen molar-refractivity contribution in [1.82, 2.24) is 5.16 Å². The van der Waals surface area contributed by atoms with Crippen molar-refractivity contribution < 1.29 is 18.8 Å². The lowest BCUT2D eigenvalue weighted by atomic mass is 10.0. The second-order valence-corrected chi connectivity index (χ2v) is 6.97. The van der Waals surface area contributed by atoms with Crippen LogP contribution < -0.4 is 5.32 Å². The number of hydrogen-bond acceptors (Lipinski definition) is 5. The van der Waals surface area contributed by atoms with E-state index in [4.69, 9.17) is 9.26 Å². The highest BCUT2D eigenvalue weighted by Crippen LogP contribution is 2.22. The molecule has 4 rings (SSSR count). The average Bonchev–Trinajstić information content (AvgIpc) is 3.21. The molecule has 0 saturated heterocycles. The molecule has 1 aromatic heterocycles. The number of aryl methyl sites for hydroxylation is 1. The molecule has 1 amide bonds. The van der Waals surface area contributed by atoms with Gasteiger partial charge in [-0.15, -0.1) is 0 Å². The van der Waals surface area contributed by atoms with Crippen LogP contribution >= 0.6 is 0 Å². The van der Waals surface area contributed by atoms with Crippen molar-refractivity contribution in [2.24, 2.45) is 0 Å². The van der Waals surface area contributed by atoms with Gasteiger partial charge < -0.3 is 9.26 Å². The van der Waals surface area contributed by atoms with Crippen LogP contribution in [0.15, 0.2) is 77.3 Å². The van der Waals surface area contributed by atoms with Gasteiger partial charge in [0.15, 0.2) is 6.61 Å². The molecule has 0 saturated carbocycles.